The van der Waals surface area contributed by atoms with Gasteiger partial charge < -0.3 is 45.1 Å². The van der Waals surface area contributed by atoms with Crippen molar-refractivity contribution in [1.82, 2.24) is 19.9 Å². The second-order valence-corrected chi connectivity index (χ2v) is 27.6. The van der Waals surface area contributed by atoms with Gasteiger partial charge in [0.2, 0.25) is 5.69 Å². The molecule has 16 rings (SSSR count). The van der Waals surface area contributed by atoms with Gasteiger partial charge >= 0.3 is 29.3 Å². The zero-order chi connectivity index (χ0) is 88.3. The summed E-state index contributed by atoms with van der Waals surface area (Å²) < 4.78 is 57.6. The zero-order valence-corrected chi connectivity index (χ0v) is 79.0. The molecule has 0 saturated heterocycles. The van der Waals surface area contributed by atoms with E-state index >= 15 is 0 Å². The number of ketones is 4. The van der Waals surface area contributed by atoms with E-state index in [-0.39, 0.29) is 132 Å². The molecule has 0 aliphatic rings. The molecule has 0 amide bonds. The fraction of sp³-hybridized carbons (Fsp3) is 0.108. The van der Waals surface area contributed by atoms with Crippen molar-refractivity contribution in [3.63, 3.8) is 0 Å². The van der Waals surface area contributed by atoms with E-state index < -0.39 is 11.7 Å². The minimum atomic E-state index is -4.37. The molecule has 4 heterocycles. The number of rotatable bonds is 9. The monoisotopic (exact) mass is 2400 g/mol. The van der Waals surface area contributed by atoms with Crippen LogP contribution in [0.2, 0.25) is 0 Å². The van der Waals surface area contributed by atoms with E-state index in [0.29, 0.717) is 28.1 Å². The van der Waals surface area contributed by atoms with Crippen molar-refractivity contribution in [1.29, 1.82) is 0 Å². The average molecular weight is 2400 g/mol. The van der Waals surface area contributed by atoms with Crippen LogP contribution in [-0.4, -0.2) is 89.8 Å². The van der Waals surface area contributed by atoms with Crippen molar-refractivity contribution in [3.8, 4) is 50.8 Å². The second-order valence-electron chi connectivity index (χ2n) is 27.6. The van der Waals surface area contributed by atoms with Crippen molar-refractivity contribution < 1.29 is 142 Å². The average Bonchev–Trinajstić information content (AvgIpc) is 0.777. The van der Waals surface area contributed by atoms with Gasteiger partial charge in [-0.05, 0) is 204 Å². The maximum atomic E-state index is 13.4. The van der Waals surface area contributed by atoms with Crippen LogP contribution in [0.4, 0.5) is 34.6 Å². The fourth-order valence-electron chi connectivity index (χ4n) is 12.9. The summed E-state index contributed by atoms with van der Waals surface area (Å²) in [5, 5.41) is 49.7. The summed E-state index contributed by atoms with van der Waals surface area (Å²) in [4.78, 5) is 61.9. The molecular formula is C102H83F4Ir4N7O9. The Kier molecular flexibility index (Phi) is 40.4. The molecule has 0 aliphatic carbocycles. The van der Waals surface area contributed by atoms with Crippen LogP contribution in [0.1, 0.15) is 66.5 Å². The number of hydrogen-bond acceptors (Lipinski definition) is 9. The van der Waals surface area contributed by atoms with Crippen molar-refractivity contribution in [2.75, 3.05) is 7.11 Å². The third-order valence-corrected chi connectivity index (χ3v) is 17.9. The molecule has 0 aliphatic heterocycles. The van der Waals surface area contributed by atoms with Gasteiger partial charge in [-0.2, -0.15) is 30.1 Å². The Morgan fingerprint density at radius 1 is 0.365 bits per heavy atom. The van der Waals surface area contributed by atoms with Gasteiger partial charge in [-0.25, -0.2) is 4.39 Å². The predicted molar refractivity (Wildman–Crippen MR) is 485 cm³/mol. The predicted octanol–water partition coefficient (Wildman–Crippen LogP) is 26.6. The van der Waals surface area contributed by atoms with Crippen LogP contribution in [0.25, 0.3) is 146 Å². The largest absolute Gasteiger partial charge is 0.512 e. The molecule has 16 nitrogen and oxygen atoms in total. The summed E-state index contributed by atoms with van der Waals surface area (Å²) in [6.45, 7) is 35.4. The van der Waals surface area contributed by atoms with Crippen molar-refractivity contribution in [3.05, 3.63) is 372 Å². The number of pyridine rings is 4. The Bertz CT molecular complexity index is 6580. The Balaban J connectivity index is 0.000000268. The first kappa shape index (κ1) is 103. The molecule has 0 spiro atoms. The Hall–Kier alpha value is -13.3. The normalized spacial score (nSPS) is 10.8. The molecule has 4 aromatic heterocycles. The Morgan fingerprint density at radius 2 is 0.714 bits per heavy atom. The number of ether oxygens (including phenoxy) is 1. The number of allylic oxidation sites excluding steroid dienone is 8. The Labute approximate surface area is 780 Å². The van der Waals surface area contributed by atoms with Gasteiger partial charge in [0, 0.05) is 105 Å². The van der Waals surface area contributed by atoms with Crippen LogP contribution in [0.5, 0.6) is 5.75 Å². The van der Waals surface area contributed by atoms with Crippen LogP contribution in [0.15, 0.2) is 297 Å². The standard InChI is InChI=1S/C21H10F3N2.C21H13N2.C20H10FN2.C20H14NO.4C5H8O2.4Ir/c1-25-16-6-2-13(3-7-16)20-19-8-4-14-12-15(21(22,23)24)5-9-17(14)18(19)10-11-26-20;1-14-6-8-18-15(12-14)7-9-20-19(18)10-11-23-21(20)16-4-3-5-17(13-16)22-2;1-22-16-4-2-3-14(12-16)20-19-7-5-13-11-15(21)6-8-17(13)18(19)9-10-23-20;1-22-16-8-10-17-15(13-16)7-9-19-18(17)11-12-21-20(19)14-5-3-2-4-6-14;4*1-4(6)3-5(2)7;;;;/h2,4-12H;3,5-13H,1H3;2,4-12H;2-5,7-13H,1H3;4*3,6H,1-2H3;;;;/q4*-1;;;;;;;;/p+4. The van der Waals surface area contributed by atoms with Crippen molar-refractivity contribution in [2.45, 2.75) is 68.5 Å². The number of fused-ring (bicyclic) bond motifs is 12. The number of aromatic nitrogens is 4. The number of alkyl halides is 3. The third-order valence-electron chi connectivity index (χ3n) is 17.9. The van der Waals surface area contributed by atoms with Gasteiger partial charge in [0.05, 0.1) is 101 Å². The number of hydrogen-bond donors (Lipinski definition) is 4. The minimum absolute atomic E-state index is 0. The molecule has 12 aromatic carbocycles. The number of methoxy groups -OCH3 is 1. The van der Waals surface area contributed by atoms with Crippen LogP contribution in [-0.2, 0) is 86.6 Å². The topological polar surface area (TPSA) is 240 Å². The summed E-state index contributed by atoms with van der Waals surface area (Å²) in [7, 11) is 1.69. The van der Waals surface area contributed by atoms with Gasteiger partial charge in [0.25, 0.3) is 0 Å². The zero-order valence-electron chi connectivity index (χ0n) is 69.4. The number of benzene rings is 12. The van der Waals surface area contributed by atoms with Crippen molar-refractivity contribution in [2.24, 2.45) is 0 Å². The SMILES string of the molecule is CC(=[OH+])C=C(C)O.CC(=[OH+])C=C(C)O.CC(=[OH+])C=C(C)O.CC(=[OH+])C=C(C)O.COc1ccc2c(ccc3c(-c4[c-]cccc4)nccc32)c1.[C-]#[N+]c1c[c-]c(-c2nccc3c2ccc2cc(C(F)(F)F)ccc23)cc1.[C-]#[N+]c1cc[c-]c(-c2nccc3c2ccc2cc(C)ccc23)c1.[C-]#[N+]c1cc[c-]c(-c2nccc3c2ccc2cc(F)ccc23)c1.[Ir].[Ir].[Ir].[Ir]. The molecule has 126 heavy (non-hydrogen) atoms. The first-order chi connectivity index (χ1) is 58.4. The minimum Gasteiger partial charge on any atom is -0.512 e. The molecule has 0 unspecified atom stereocenters. The van der Waals surface area contributed by atoms with E-state index in [1.165, 1.54) is 136 Å². The van der Waals surface area contributed by atoms with Crippen LogP contribution in [0.3, 0.4) is 0 Å². The molecule has 0 bridgehead atoms. The molecule has 0 fully saturated rings. The van der Waals surface area contributed by atoms with Gasteiger partial charge in [-0.1, -0.05) is 103 Å². The van der Waals surface area contributed by atoms with Crippen LogP contribution < -0.4 is 4.74 Å². The molecule has 16 aromatic rings. The quantitative estimate of drug-likeness (QED) is 0.0268. The van der Waals surface area contributed by atoms with E-state index in [1.54, 1.807) is 92.3 Å². The third kappa shape index (κ3) is 28.9. The summed E-state index contributed by atoms with van der Waals surface area (Å²) >= 11 is 0. The smallest absolute Gasteiger partial charge is 0.416 e. The van der Waals surface area contributed by atoms with E-state index in [1.807, 2.05) is 67.0 Å². The van der Waals surface area contributed by atoms with Crippen LogP contribution in [0, 0.1) is 56.7 Å². The van der Waals surface area contributed by atoms with Crippen LogP contribution >= 0.6 is 0 Å². The van der Waals surface area contributed by atoms with Gasteiger partial charge in [-0.3, -0.25) is 28.9 Å². The fourth-order valence-corrected chi connectivity index (χ4v) is 12.9. The number of aliphatic hydroxyl groups excluding tert-OH is 4. The molecule has 0 saturated carbocycles. The van der Waals surface area contributed by atoms with Gasteiger partial charge in [0.15, 0.2) is 0 Å². The summed E-state index contributed by atoms with van der Waals surface area (Å²) in [6, 6.07) is 81.1. The van der Waals surface area contributed by atoms with E-state index in [4.69, 9.17) is 64.1 Å². The number of aryl methyl sites for hydroxylation is 1. The van der Waals surface area contributed by atoms with E-state index in [0.717, 1.165) is 106 Å². The first-order valence-corrected chi connectivity index (χ1v) is 37.6. The van der Waals surface area contributed by atoms with Gasteiger partial charge in [0.1, 0.15) is 29.5 Å². The summed E-state index contributed by atoms with van der Waals surface area (Å²) in [5.41, 5.74) is 8.92. The number of nitrogens with zero attached hydrogens (tertiary/aromatic N) is 7. The van der Waals surface area contributed by atoms with E-state index in [2.05, 4.69) is 132 Å². The number of carbonyl (C=O) groups excluding carboxylic acids is 4. The maximum absolute atomic E-state index is 13.4. The van der Waals surface area contributed by atoms with Gasteiger partial charge in [-0.15, -0.1) is 101 Å². The summed E-state index contributed by atoms with van der Waals surface area (Å²) in [6.07, 6.45) is 7.80. The molecule has 24 heteroatoms. The second kappa shape index (κ2) is 49.3. The summed E-state index contributed by atoms with van der Waals surface area (Å²) in [5.74, 6) is 1.63. The molecule has 644 valence electrons. The molecule has 0 atom stereocenters. The van der Waals surface area contributed by atoms with Crippen molar-refractivity contribution >= 4 is 126 Å². The molecule has 8 N–H and O–H groups in total. The maximum Gasteiger partial charge on any atom is 0.416 e. The number of halogens is 4. The Morgan fingerprint density at radius 3 is 1.06 bits per heavy atom. The molecule has 4 radical (unpaired) electrons. The molecular weight excluding hydrogens is 2310 g/mol. The first-order valence-electron chi connectivity index (χ1n) is 37.6. The number of aliphatic hydroxyl groups is 4. The van der Waals surface area contributed by atoms with E-state index in [9.17, 15) is 17.6 Å².